The van der Waals surface area contributed by atoms with Crippen LogP contribution in [-0.2, 0) is 11.3 Å². The van der Waals surface area contributed by atoms with Gasteiger partial charge in [0.15, 0.2) is 5.82 Å². The topological polar surface area (TPSA) is 72.7 Å². The minimum absolute atomic E-state index is 0.256. The highest BCUT2D eigenvalue weighted by Crippen LogP contribution is 2.11. The molecule has 3 aromatic rings. The molecule has 3 rings (SSSR count). The summed E-state index contributed by atoms with van der Waals surface area (Å²) in [4.78, 5) is 20.6. The highest BCUT2D eigenvalue weighted by molar-refractivity contribution is 6.01. The van der Waals surface area contributed by atoms with Crippen molar-refractivity contribution in [3.63, 3.8) is 0 Å². The van der Waals surface area contributed by atoms with Gasteiger partial charge in [-0.2, -0.15) is 5.10 Å². The maximum Gasteiger partial charge on any atom is 0.249 e. The molecule has 110 valence electrons. The molecular formula is C16H15N5O. The van der Waals surface area contributed by atoms with Gasteiger partial charge in [0, 0.05) is 18.8 Å². The summed E-state index contributed by atoms with van der Waals surface area (Å²) in [7, 11) is 0. The van der Waals surface area contributed by atoms with E-state index < -0.39 is 0 Å². The van der Waals surface area contributed by atoms with Gasteiger partial charge in [0.25, 0.3) is 0 Å². The summed E-state index contributed by atoms with van der Waals surface area (Å²) in [5.74, 6) is 0.172. The lowest BCUT2D eigenvalue weighted by molar-refractivity contribution is -0.111. The van der Waals surface area contributed by atoms with Crippen molar-refractivity contribution >= 4 is 28.8 Å². The van der Waals surface area contributed by atoms with E-state index in [0.29, 0.717) is 5.82 Å². The number of nitrogens with one attached hydrogen (secondary N) is 1. The number of carbonyl (C=O) groups is 1. The largest absolute Gasteiger partial charge is 0.306 e. The fraction of sp³-hybridized carbons (Fsp3) is 0.125. The van der Waals surface area contributed by atoms with Crippen LogP contribution in [0.25, 0.3) is 17.1 Å². The molecule has 0 fully saturated rings. The summed E-state index contributed by atoms with van der Waals surface area (Å²) in [6, 6.07) is 9.36. The van der Waals surface area contributed by atoms with Crippen LogP contribution in [0, 0.1) is 0 Å². The first-order valence-corrected chi connectivity index (χ1v) is 6.99. The number of amides is 1. The SMILES string of the molecule is CCn1nccc1C=CC(=O)Nc1cnc2ccccc2n1. The summed E-state index contributed by atoms with van der Waals surface area (Å²) in [6.07, 6.45) is 6.43. The van der Waals surface area contributed by atoms with Gasteiger partial charge in [-0.05, 0) is 31.2 Å². The van der Waals surface area contributed by atoms with Crippen LogP contribution in [0.2, 0.25) is 0 Å². The molecule has 0 spiro atoms. The molecule has 2 heterocycles. The molecule has 0 aliphatic rings. The predicted molar refractivity (Wildman–Crippen MR) is 85.1 cm³/mol. The highest BCUT2D eigenvalue weighted by Gasteiger charge is 2.03. The Morgan fingerprint density at radius 1 is 1.27 bits per heavy atom. The Hall–Kier alpha value is -3.02. The van der Waals surface area contributed by atoms with E-state index in [2.05, 4.69) is 20.4 Å². The molecule has 0 unspecified atom stereocenters. The number of fused-ring (bicyclic) bond motifs is 1. The van der Waals surface area contributed by atoms with E-state index in [1.54, 1.807) is 23.2 Å². The number of hydrogen-bond donors (Lipinski definition) is 1. The lowest BCUT2D eigenvalue weighted by Gasteiger charge is -2.03. The number of aryl methyl sites for hydroxylation is 1. The van der Waals surface area contributed by atoms with Crippen LogP contribution in [0.15, 0.2) is 48.8 Å². The van der Waals surface area contributed by atoms with Crippen molar-refractivity contribution in [2.45, 2.75) is 13.5 Å². The fourth-order valence-electron chi connectivity index (χ4n) is 2.10. The van der Waals surface area contributed by atoms with Gasteiger partial charge in [-0.25, -0.2) is 4.98 Å². The zero-order valence-electron chi connectivity index (χ0n) is 12.1. The molecule has 6 nitrogen and oxygen atoms in total. The van der Waals surface area contributed by atoms with Crippen LogP contribution in [0.5, 0.6) is 0 Å². The van der Waals surface area contributed by atoms with Crippen molar-refractivity contribution in [2.75, 3.05) is 5.32 Å². The third kappa shape index (κ3) is 3.01. The standard InChI is InChI=1S/C16H15N5O/c1-2-21-12(9-10-18-21)7-8-16(22)20-15-11-17-13-5-3-4-6-14(13)19-15/h3-11H,2H2,1H3,(H,19,20,22). The normalized spacial score (nSPS) is 11.1. The molecule has 0 saturated heterocycles. The van der Waals surface area contributed by atoms with Gasteiger partial charge in [0.1, 0.15) is 0 Å². The number of nitrogens with zero attached hydrogens (tertiary/aromatic N) is 4. The van der Waals surface area contributed by atoms with Crippen LogP contribution < -0.4 is 5.32 Å². The summed E-state index contributed by atoms with van der Waals surface area (Å²) in [5.41, 5.74) is 2.42. The summed E-state index contributed by atoms with van der Waals surface area (Å²) < 4.78 is 1.81. The van der Waals surface area contributed by atoms with Gasteiger partial charge in [0.05, 0.1) is 22.9 Å². The van der Waals surface area contributed by atoms with Crippen molar-refractivity contribution < 1.29 is 4.79 Å². The number of hydrogen-bond acceptors (Lipinski definition) is 4. The van der Waals surface area contributed by atoms with Crippen LogP contribution in [0.1, 0.15) is 12.6 Å². The van der Waals surface area contributed by atoms with Crippen LogP contribution in [0.3, 0.4) is 0 Å². The highest BCUT2D eigenvalue weighted by atomic mass is 16.1. The smallest absolute Gasteiger partial charge is 0.249 e. The maximum absolute atomic E-state index is 11.9. The number of carbonyl (C=O) groups excluding carboxylic acids is 1. The third-order valence-corrected chi connectivity index (χ3v) is 3.15. The summed E-state index contributed by atoms with van der Waals surface area (Å²) in [6.45, 7) is 2.75. The van der Waals surface area contributed by atoms with Crippen LogP contribution >= 0.6 is 0 Å². The second kappa shape index (κ2) is 6.17. The molecule has 1 amide bonds. The number of para-hydroxylation sites is 2. The van der Waals surface area contributed by atoms with Crippen molar-refractivity contribution in [3.05, 3.63) is 54.5 Å². The zero-order chi connectivity index (χ0) is 15.4. The molecule has 2 aromatic heterocycles. The van der Waals surface area contributed by atoms with Gasteiger partial charge < -0.3 is 5.32 Å². The van der Waals surface area contributed by atoms with E-state index >= 15 is 0 Å². The van der Waals surface area contributed by atoms with E-state index in [9.17, 15) is 4.79 Å². The van der Waals surface area contributed by atoms with E-state index in [1.165, 1.54) is 6.08 Å². The first-order chi connectivity index (χ1) is 10.8. The Labute approximate surface area is 127 Å². The van der Waals surface area contributed by atoms with Gasteiger partial charge in [-0.15, -0.1) is 0 Å². The van der Waals surface area contributed by atoms with Gasteiger partial charge in [-0.3, -0.25) is 14.5 Å². The molecule has 6 heteroatoms. The first-order valence-electron chi connectivity index (χ1n) is 6.99. The average molecular weight is 293 g/mol. The van der Waals surface area contributed by atoms with Crippen molar-refractivity contribution in [3.8, 4) is 0 Å². The van der Waals surface area contributed by atoms with Gasteiger partial charge in [0.2, 0.25) is 5.91 Å². The molecule has 0 saturated carbocycles. The Morgan fingerprint density at radius 3 is 2.91 bits per heavy atom. The van der Waals surface area contributed by atoms with Crippen molar-refractivity contribution in [2.24, 2.45) is 0 Å². The second-order valence-electron chi connectivity index (χ2n) is 4.64. The predicted octanol–water partition coefficient (Wildman–Crippen LogP) is 2.50. The molecule has 1 aromatic carbocycles. The Balaban J connectivity index is 1.73. The molecule has 0 atom stereocenters. The van der Waals surface area contributed by atoms with E-state index in [4.69, 9.17) is 0 Å². The average Bonchev–Trinajstić information content (AvgIpc) is 3.00. The quantitative estimate of drug-likeness (QED) is 0.750. The molecule has 0 aliphatic heterocycles. The maximum atomic E-state index is 11.9. The lowest BCUT2D eigenvalue weighted by atomic mass is 10.3. The monoisotopic (exact) mass is 293 g/mol. The number of anilines is 1. The number of rotatable bonds is 4. The lowest BCUT2D eigenvalue weighted by Crippen LogP contribution is -2.10. The van der Waals surface area contributed by atoms with E-state index in [-0.39, 0.29) is 5.91 Å². The number of benzene rings is 1. The van der Waals surface area contributed by atoms with E-state index in [1.807, 2.05) is 37.3 Å². The molecule has 1 N–H and O–H groups in total. The Bertz CT molecular complexity index is 837. The molecule has 22 heavy (non-hydrogen) atoms. The Morgan fingerprint density at radius 2 is 2.09 bits per heavy atom. The van der Waals surface area contributed by atoms with Crippen molar-refractivity contribution in [1.82, 2.24) is 19.7 Å². The first kappa shape index (κ1) is 13.9. The van der Waals surface area contributed by atoms with E-state index in [0.717, 1.165) is 23.3 Å². The van der Waals surface area contributed by atoms with Crippen molar-refractivity contribution in [1.29, 1.82) is 0 Å². The van der Waals surface area contributed by atoms with Gasteiger partial charge in [-0.1, -0.05) is 12.1 Å². The third-order valence-electron chi connectivity index (χ3n) is 3.15. The van der Waals surface area contributed by atoms with Gasteiger partial charge >= 0.3 is 0 Å². The van der Waals surface area contributed by atoms with Crippen LogP contribution in [-0.4, -0.2) is 25.7 Å². The molecule has 0 aliphatic carbocycles. The minimum atomic E-state index is -0.256. The second-order valence-corrected chi connectivity index (χ2v) is 4.64. The summed E-state index contributed by atoms with van der Waals surface area (Å²) in [5, 5.41) is 6.85. The zero-order valence-corrected chi connectivity index (χ0v) is 12.1. The van der Waals surface area contributed by atoms with Crippen LogP contribution in [0.4, 0.5) is 5.82 Å². The Kier molecular flexibility index (Phi) is 3.91. The molecular weight excluding hydrogens is 278 g/mol. The minimum Gasteiger partial charge on any atom is -0.306 e. The molecule has 0 radical (unpaired) electrons. The molecule has 0 bridgehead atoms. The summed E-state index contributed by atoms with van der Waals surface area (Å²) >= 11 is 0. The fourth-order valence-corrected chi connectivity index (χ4v) is 2.10. The number of aromatic nitrogens is 4.